The summed E-state index contributed by atoms with van der Waals surface area (Å²) in [6.45, 7) is 10.3. The van der Waals surface area contributed by atoms with Gasteiger partial charge in [0.2, 0.25) is 0 Å². The molecule has 0 spiro atoms. The quantitative estimate of drug-likeness (QED) is 0.797. The van der Waals surface area contributed by atoms with Crippen molar-refractivity contribution in [3.05, 3.63) is 29.3 Å². The van der Waals surface area contributed by atoms with Crippen LogP contribution >= 0.6 is 0 Å². The fraction of sp³-hybridized carbons (Fsp3) is 0.571. The molecule has 1 aromatic carbocycles. The van der Waals surface area contributed by atoms with Gasteiger partial charge in [-0.25, -0.2) is 0 Å². The van der Waals surface area contributed by atoms with Crippen molar-refractivity contribution in [3.63, 3.8) is 0 Å². The molecule has 0 bridgehead atoms. The second-order valence-corrected chi connectivity index (χ2v) is 4.39. The van der Waals surface area contributed by atoms with Crippen LogP contribution in [0.15, 0.2) is 18.2 Å². The number of hydrogen-bond acceptors (Lipinski definition) is 2. The molecule has 1 atom stereocenters. The van der Waals surface area contributed by atoms with Crippen molar-refractivity contribution in [2.24, 2.45) is 0 Å². The Kier molecular flexibility index (Phi) is 5.33. The predicted octanol–water partition coefficient (Wildman–Crippen LogP) is 3.07. The average molecular weight is 221 g/mol. The lowest BCUT2D eigenvalue weighted by Gasteiger charge is -2.17. The first-order chi connectivity index (χ1) is 7.65. The number of aryl methyl sites for hydroxylation is 2. The molecule has 0 aromatic heterocycles. The summed E-state index contributed by atoms with van der Waals surface area (Å²) in [7, 11) is 0. The molecular weight excluding hydrogens is 198 g/mol. The maximum atomic E-state index is 5.86. The van der Waals surface area contributed by atoms with Crippen LogP contribution in [0.25, 0.3) is 0 Å². The average Bonchev–Trinajstić information content (AvgIpc) is 2.25. The summed E-state index contributed by atoms with van der Waals surface area (Å²) in [4.78, 5) is 0. The van der Waals surface area contributed by atoms with Crippen LogP contribution in [0.5, 0.6) is 5.75 Å². The van der Waals surface area contributed by atoms with E-state index in [4.69, 9.17) is 4.74 Å². The number of ether oxygens (including phenoxy) is 1. The highest BCUT2D eigenvalue weighted by atomic mass is 16.5. The molecule has 2 heteroatoms. The third-order valence-electron chi connectivity index (χ3n) is 2.63. The molecule has 0 saturated carbocycles. The van der Waals surface area contributed by atoms with Crippen LogP contribution in [0.4, 0.5) is 0 Å². The van der Waals surface area contributed by atoms with Crippen LogP contribution < -0.4 is 10.1 Å². The second-order valence-electron chi connectivity index (χ2n) is 4.39. The van der Waals surface area contributed by atoms with Crippen molar-refractivity contribution >= 4 is 0 Å². The maximum absolute atomic E-state index is 5.86. The van der Waals surface area contributed by atoms with Gasteiger partial charge in [0.1, 0.15) is 12.4 Å². The Balaban J connectivity index is 2.48. The lowest BCUT2D eigenvalue weighted by Crippen LogP contribution is -2.32. The first-order valence-corrected chi connectivity index (χ1v) is 6.07. The van der Waals surface area contributed by atoms with E-state index in [2.05, 4.69) is 51.2 Å². The molecule has 16 heavy (non-hydrogen) atoms. The second kappa shape index (κ2) is 6.54. The van der Waals surface area contributed by atoms with Crippen molar-refractivity contribution < 1.29 is 4.74 Å². The molecular formula is C14H23NO. The van der Waals surface area contributed by atoms with E-state index in [1.807, 2.05) is 0 Å². The number of para-hydroxylation sites is 1. The molecule has 0 saturated heterocycles. The zero-order chi connectivity index (χ0) is 12.0. The molecule has 0 aliphatic carbocycles. The molecule has 0 amide bonds. The highest BCUT2D eigenvalue weighted by Gasteiger charge is 2.05. The zero-order valence-electron chi connectivity index (χ0n) is 10.8. The van der Waals surface area contributed by atoms with Gasteiger partial charge in [0, 0.05) is 6.04 Å². The van der Waals surface area contributed by atoms with Gasteiger partial charge >= 0.3 is 0 Å². The monoisotopic (exact) mass is 221 g/mol. The summed E-state index contributed by atoms with van der Waals surface area (Å²) in [5.74, 6) is 1.03. The van der Waals surface area contributed by atoms with Gasteiger partial charge in [-0.1, -0.05) is 25.1 Å². The summed E-state index contributed by atoms with van der Waals surface area (Å²) in [6, 6.07) is 6.65. The van der Waals surface area contributed by atoms with E-state index in [1.54, 1.807) is 0 Å². The fourth-order valence-electron chi connectivity index (χ4n) is 1.68. The minimum absolute atomic E-state index is 0.402. The van der Waals surface area contributed by atoms with Gasteiger partial charge in [-0.2, -0.15) is 0 Å². The Hall–Kier alpha value is -1.02. The normalized spacial score (nSPS) is 12.5. The minimum Gasteiger partial charge on any atom is -0.491 e. The summed E-state index contributed by atoms with van der Waals surface area (Å²) >= 11 is 0. The van der Waals surface area contributed by atoms with Crippen molar-refractivity contribution in [3.8, 4) is 5.75 Å². The number of benzene rings is 1. The topological polar surface area (TPSA) is 21.3 Å². The zero-order valence-corrected chi connectivity index (χ0v) is 10.8. The highest BCUT2D eigenvalue weighted by Crippen LogP contribution is 2.22. The molecule has 90 valence electrons. The van der Waals surface area contributed by atoms with Crippen molar-refractivity contribution in [1.82, 2.24) is 5.32 Å². The smallest absolute Gasteiger partial charge is 0.125 e. The summed E-state index contributed by atoms with van der Waals surface area (Å²) in [6.07, 6.45) is 1.16. The van der Waals surface area contributed by atoms with E-state index in [-0.39, 0.29) is 0 Å². The van der Waals surface area contributed by atoms with Gasteiger partial charge < -0.3 is 10.1 Å². The van der Waals surface area contributed by atoms with E-state index >= 15 is 0 Å². The number of nitrogens with one attached hydrogen (secondary N) is 1. The van der Waals surface area contributed by atoms with E-state index < -0.39 is 0 Å². The van der Waals surface area contributed by atoms with Gasteiger partial charge in [-0.05, 0) is 44.9 Å². The maximum Gasteiger partial charge on any atom is 0.125 e. The molecule has 1 unspecified atom stereocenters. The molecule has 0 radical (unpaired) electrons. The van der Waals surface area contributed by atoms with Gasteiger partial charge in [-0.3, -0.25) is 0 Å². The van der Waals surface area contributed by atoms with Gasteiger partial charge in [0.05, 0.1) is 0 Å². The molecule has 0 aliphatic rings. The lowest BCUT2D eigenvalue weighted by atomic mass is 10.1. The van der Waals surface area contributed by atoms with Crippen LogP contribution in [0, 0.1) is 13.8 Å². The SMILES string of the molecule is CCCNC(C)COc1c(C)cccc1C. The summed E-state index contributed by atoms with van der Waals surface area (Å²) in [5, 5.41) is 3.42. The summed E-state index contributed by atoms with van der Waals surface area (Å²) in [5.41, 5.74) is 2.42. The molecule has 0 fully saturated rings. The van der Waals surface area contributed by atoms with Crippen molar-refractivity contribution in [1.29, 1.82) is 0 Å². The fourth-order valence-corrected chi connectivity index (χ4v) is 1.68. The highest BCUT2D eigenvalue weighted by molar-refractivity contribution is 5.39. The third kappa shape index (κ3) is 3.86. The minimum atomic E-state index is 0.402. The Morgan fingerprint density at radius 2 is 1.88 bits per heavy atom. The summed E-state index contributed by atoms with van der Waals surface area (Å²) < 4.78 is 5.86. The Morgan fingerprint density at radius 1 is 1.25 bits per heavy atom. The molecule has 1 N–H and O–H groups in total. The molecule has 0 heterocycles. The van der Waals surface area contributed by atoms with Crippen LogP contribution in [-0.4, -0.2) is 19.2 Å². The largest absolute Gasteiger partial charge is 0.491 e. The Bertz CT molecular complexity index is 302. The molecule has 2 nitrogen and oxygen atoms in total. The van der Waals surface area contributed by atoms with Crippen LogP contribution in [0.3, 0.4) is 0 Å². The van der Waals surface area contributed by atoms with E-state index in [0.717, 1.165) is 25.3 Å². The first kappa shape index (κ1) is 13.0. The van der Waals surface area contributed by atoms with Gasteiger partial charge in [0.15, 0.2) is 0 Å². The standard InChI is InChI=1S/C14H23NO/c1-5-9-15-13(4)10-16-14-11(2)7-6-8-12(14)3/h6-8,13,15H,5,9-10H2,1-4H3. The number of hydrogen-bond donors (Lipinski definition) is 1. The Labute approximate surface area is 99.0 Å². The number of rotatable bonds is 6. The van der Waals surface area contributed by atoms with Crippen LogP contribution in [-0.2, 0) is 0 Å². The molecule has 1 aromatic rings. The van der Waals surface area contributed by atoms with Gasteiger partial charge in [0.25, 0.3) is 0 Å². The lowest BCUT2D eigenvalue weighted by molar-refractivity contribution is 0.270. The van der Waals surface area contributed by atoms with Crippen molar-refractivity contribution in [2.45, 2.75) is 40.2 Å². The Morgan fingerprint density at radius 3 is 2.44 bits per heavy atom. The van der Waals surface area contributed by atoms with E-state index in [9.17, 15) is 0 Å². The van der Waals surface area contributed by atoms with E-state index in [0.29, 0.717) is 6.04 Å². The van der Waals surface area contributed by atoms with Crippen LogP contribution in [0.1, 0.15) is 31.4 Å². The van der Waals surface area contributed by atoms with Crippen LogP contribution in [0.2, 0.25) is 0 Å². The predicted molar refractivity (Wildman–Crippen MR) is 69.2 cm³/mol. The molecule has 0 aliphatic heterocycles. The van der Waals surface area contributed by atoms with Gasteiger partial charge in [-0.15, -0.1) is 0 Å². The van der Waals surface area contributed by atoms with Crippen molar-refractivity contribution in [2.75, 3.05) is 13.2 Å². The molecule has 1 rings (SSSR count). The third-order valence-corrected chi connectivity index (χ3v) is 2.63. The van der Waals surface area contributed by atoms with E-state index in [1.165, 1.54) is 11.1 Å². The first-order valence-electron chi connectivity index (χ1n) is 6.07.